The molecule has 1 aromatic carbocycles. The molecule has 1 aromatic heterocycles. The van der Waals surface area contributed by atoms with Gasteiger partial charge < -0.3 is 10.6 Å². The minimum absolute atomic E-state index is 0.150. The van der Waals surface area contributed by atoms with Crippen molar-refractivity contribution in [1.29, 1.82) is 5.26 Å². The fraction of sp³-hybridized carbons (Fsp3) is 0.154. The SMILES string of the molecule is CNc1nc(CC(=O)Nc2cccc(C#N)c2)cs1. The molecular weight excluding hydrogens is 260 g/mol. The molecule has 0 fully saturated rings. The van der Waals surface area contributed by atoms with Crippen molar-refractivity contribution in [1.82, 2.24) is 4.98 Å². The van der Waals surface area contributed by atoms with Gasteiger partial charge in [0.1, 0.15) is 0 Å². The van der Waals surface area contributed by atoms with Crippen LogP contribution in [0.25, 0.3) is 0 Å². The number of amides is 1. The Kier molecular flexibility index (Phi) is 4.11. The van der Waals surface area contributed by atoms with Crippen LogP contribution in [0, 0.1) is 11.3 Å². The lowest BCUT2D eigenvalue weighted by Crippen LogP contribution is -2.14. The molecule has 0 saturated carbocycles. The molecule has 1 heterocycles. The molecule has 0 aliphatic rings. The molecule has 0 aliphatic heterocycles. The molecule has 1 amide bonds. The zero-order valence-corrected chi connectivity index (χ0v) is 11.1. The van der Waals surface area contributed by atoms with Gasteiger partial charge in [-0.2, -0.15) is 5.26 Å². The van der Waals surface area contributed by atoms with Crippen molar-refractivity contribution >= 4 is 28.1 Å². The average Bonchev–Trinajstić information content (AvgIpc) is 2.86. The number of carbonyl (C=O) groups excluding carboxylic acids is 1. The third-order valence-electron chi connectivity index (χ3n) is 2.38. The maximum Gasteiger partial charge on any atom is 0.230 e. The lowest BCUT2D eigenvalue weighted by atomic mass is 10.2. The van der Waals surface area contributed by atoms with E-state index in [0.29, 0.717) is 11.3 Å². The number of anilines is 2. The van der Waals surface area contributed by atoms with E-state index in [1.54, 1.807) is 31.3 Å². The van der Waals surface area contributed by atoms with Gasteiger partial charge in [-0.25, -0.2) is 4.98 Å². The van der Waals surface area contributed by atoms with Crippen molar-refractivity contribution in [3.05, 3.63) is 40.9 Å². The zero-order chi connectivity index (χ0) is 13.7. The largest absolute Gasteiger partial charge is 0.365 e. The van der Waals surface area contributed by atoms with Crippen LogP contribution in [0.5, 0.6) is 0 Å². The second-order valence-electron chi connectivity index (χ2n) is 3.81. The topological polar surface area (TPSA) is 77.8 Å². The first-order valence-electron chi connectivity index (χ1n) is 5.63. The van der Waals surface area contributed by atoms with Crippen LogP contribution in [0.15, 0.2) is 29.6 Å². The van der Waals surface area contributed by atoms with Gasteiger partial charge in [0.25, 0.3) is 0 Å². The lowest BCUT2D eigenvalue weighted by Gasteiger charge is -2.03. The van der Waals surface area contributed by atoms with E-state index >= 15 is 0 Å². The summed E-state index contributed by atoms with van der Waals surface area (Å²) in [4.78, 5) is 16.1. The van der Waals surface area contributed by atoms with Crippen molar-refractivity contribution in [2.24, 2.45) is 0 Å². The highest BCUT2D eigenvalue weighted by Crippen LogP contribution is 2.15. The first kappa shape index (κ1) is 13.1. The summed E-state index contributed by atoms with van der Waals surface area (Å²) in [6.45, 7) is 0. The maximum atomic E-state index is 11.8. The van der Waals surface area contributed by atoms with E-state index < -0.39 is 0 Å². The number of aromatic nitrogens is 1. The van der Waals surface area contributed by atoms with E-state index in [9.17, 15) is 4.79 Å². The molecule has 6 heteroatoms. The third kappa shape index (κ3) is 3.53. The monoisotopic (exact) mass is 272 g/mol. The highest BCUT2D eigenvalue weighted by atomic mass is 32.1. The predicted molar refractivity (Wildman–Crippen MR) is 75.2 cm³/mol. The van der Waals surface area contributed by atoms with Gasteiger partial charge in [-0.15, -0.1) is 11.3 Å². The molecule has 5 nitrogen and oxygen atoms in total. The third-order valence-corrected chi connectivity index (χ3v) is 3.29. The second kappa shape index (κ2) is 5.98. The van der Waals surface area contributed by atoms with Crippen molar-refractivity contribution in [3.63, 3.8) is 0 Å². The van der Waals surface area contributed by atoms with Crippen LogP contribution < -0.4 is 10.6 Å². The van der Waals surface area contributed by atoms with E-state index in [1.807, 2.05) is 11.4 Å². The number of hydrogen-bond donors (Lipinski definition) is 2. The molecule has 0 atom stereocenters. The molecule has 0 unspecified atom stereocenters. The number of nitriles is 1. The quantitative estimate of drug-likeness (QED) is 0.894. The second-order valence-corrected chi connectivity index (χ2v) is 4.67. The number of rotatable bonds is 4. The number of hydrogen-bond acceptors (Lipinski definition) is 5. The Balaban J connectivity index is 1.99. The molecule has 0 saturated heterocycles. The van der Waals surface area contributed by atoms with E-state index in [4.69, 9.17) is 5.26 Å². The van der Waals surface area contributed by atoms with Crippen LogP contribution in [-0.4, -0.2) is 17.9 Å². The van der Waals surface area contributed by atoms with Crippen LogP contribution >= 0.6 is 11.3 Å². The molecular formula is C13H12N4OS. The van der Waals surface area contributed by atoms with Gasteiger partial charge in [-0.05, 0) is 18.2 Å². The summed E-state index contributed by atoms with van der Waals surface area (Å²) >= 11 is 1.46. The van der Waals surface area contributed by atoms with Crippen molar-refractivity contribution in [2.45, 2.75) is 6.42 Å². The lowest BCUT2D eigenvalue weighted by molar-refractivity contribution is -0.115. The highest BCUT2D eigenvalue weighted by molar-refractivity contribution is 7.13. The van der Waals surface area contributed by atoms with Gasteiger partial charge in [0.05, 0.1) is 23.7 Å². The predicted octanol–water partition coefficient (Wildman–Crippen LogP) is 2.24. The number of benzene rings is 1. The molecule has 2 rings (SSSR count). The number of nitrogens with one attached hydrogen (secondary N) is 2. The Morgan fingerprint density at radius 2 is 2.37 bits per heavy atom. The molecule has 0 aliphatic carbocycles. The molecule has 2 N–H and O–H groups in total. The fourth-order valence-corrected chi connectivity index (χ4v) is 2.21. The van der Waals surface area contributed by atoms with Crippen molar-refractivity contribution in [3.8, 4) is 6.07 Å². The smallest absolute Gasteiger partial charge is 0.230 e. The highest BCUT2D eigenvalue weighted by Gasteiger charge is 2.07. The first-order chi connectivity index (χ1) is 9.21. The Bertz CT molecular complexity index is 630. The van der Waals surface area contributed by atoms with E-state index in [0.717, 1.165) is 10.8 Å². The number of carbonyl (C=O) groups is 1. The minimum Gasteiger partial charge on any atom is -0.365 e. The summed E-state index contributed by atoms with van der Waals surface area (Å²) in [7, 11) is 1.79. The normalized spacial score (nSPS) is 9.68. The summed E-state index contributed by atoms with van der Waals surface area (Å²) in [6.07, 6.45) is 0.217. The van der Waals surface area contributed by atoms with Gasteiger partial charge in [-0.1, -0.05) is 6.07 Å². The zero-order valence-electron chi connectivity index (χ0n) is 10.3. The summed E-state index contributed by atoms with van der Waals surface area (Å²) in [6, 6.07) is 8.84. The summed E-state index contributed by atoms with van der Waals surface area (Å²) in [5.41, 5.74) is 1.86. The molecule has 2 aromatic rings. The van der Waals surface area contributed by atoms with Gasteiger partial charge >= 0.3 is 0 Å². The Hall–Kier alpha value is -2.39. The molecule has 0 bridgehead atoms. The summed E-state index contributed by atoms with van der Waals surface area (Å²) in [5.74, 6) is -0.150. The van der Waals surface area contributed by atoms with Crippen molar-refractivity contribution in [2.75, 3.05) is 17.7 Å². The number of thiazole rings is 1. The van der Waals surface area contributed by atoms with Gasteiger partial charge in [0.15, 0.2) is 5.13 Å². The Labute approximate surface area is 114 Å². The summed E-state index contributed by atoms with van der Waals surface area (Å²) in [5, 5.41) is 17.1. The molecule has 0 radical (unpaired) electrons. The van der Waals surface area contributed by atoms with E-state index in [2.05, 4.69) is 15.6 Å². The maximum absolute atomic E-state index is 11.8. The van der Waals surface area contributed by atoms with Crippen LogP contribution in [0.2, 0.25) is 0 Å². The van der Waals surface area contributed by atoms with E-state index in [1.165, 1.54) is 11.3 Å². The van der Waals surface area contributed by atoms with Gasteiger partial charge in [-0.3, -0.25) is 4.79 Å². The van der Waals surface area contributed by atoms with Gasteiger partial charge in [0, 0.05) is 18.1 Å². The average molecular weight is 272 g/mol. The fourth-order valence-electron chi connectivity index (χ4n) is 1.54. The number of nitrogens with zero attached hydrogens (tertiary/aromatic N) is 2. The van der Waals surface area contributed by atoms with Gasteiger partial charge in [0.2, 0.25) is 5.91 Å². The minimum atomic E-state index is -0.150. The Morgan fingerprint density at radius 1 is 1.53 bits per heavy atom. The first-order valence-corrected chi connectivity index (χ1v) is 6.51. The standard InChI is InChI=1S/C13H12N4OS/c1-15-13-17-11(8-19-13)6-12(18)16-10-4-2-3-9(5-10)7-14/h2-5,8H,6H2,1H3,(H,15,17)(H,16,18). The van der Waals surface area contributed by atoms with E-state index in [-0.39, 0.29) is 12.3 Å². The molecule has 19 heavy (non-hydrogen) atoms. The van der Waals surface area contributed by atoms with Crippen LogP contribution in [0.1, 0.15) is 11.3 Å². The van der Waals surface area contributed by atoms with Crippen LogP contribution in [0.4, 0.5) is 10.8 Å². The molecule has 0 spiro atoms. The molecule has 96 valence electrons. The van der Waals surface area contributed by atoms with Crippen LogP contribution in [-0.2, 0) is 11.2 Å². The van der Waals surface area contributed by atoms with Crippen molar-refractivity contribution < 1.29 is 4.79 Å². The summed E-state index contributed by atoms with van der Waals surface area (Å²) < 4.78 is 0. The van der Waals surface area contributed by atoms with Crippen LogP contribution in [0.3, 0.4) is 0 Å². The Morgan fingerprint density at radius 3 is 3.05 bits per heavy atom.